The number of aliphatic hydroxyl groups is 1. The molecular formula is C31H35F3N2O3. The number of nitrogens with zero attached hydrogens (tertiary/aromatic N) is 2. The Bertz CT molecular complexity index is 1250. The van der Waals surface area contributed by atoms with E-state index < -0.39 is 17.3 Å². The smallest absolute Gasteiger partial charge is 0.416 e. The SMILES string of the molecule is CC(C)(O)c1ccc2c(c1)C(=CCCN1CCC(Oc3ccc(C(F)(F)F)cc3)CC1)C1=CC=CCN1CO2. The summed E-state index contributed by atoms with van der Waals surface area (Å²) in [5.74, 6) is 1.29. The zero-order valence-electron chi connectivity index (χ0n) is 22.4. The van der Waals surface area contributed by atoms with Gasteiger partial charge in [0.15, 0.2) is 6.73 Å². The molecule has 1 N–H and O–H groups in total. The molecule has 0 amide bonds. The zero-order chi connectivity index (χ0) is 27.6. The number of allylic oxidation sites excluding steroid dienone is 3. The molecule has 0 unspecified atom stereocenters. The normalized spacial score (nSPS) is 19.7. The summed E-state index contributed by atoms with van der Waals surface area (Å²) in [5, 5.41) is 10.6. The first-order valence-corrected chi connectivity index (χ1v) is 13.5. The summed E-state index contributed by atoms with van der Waals surface area (Å²) in [6.45, 7) is 7.45. The van der Waals surface area contributed by atoms with Gasteiger partial charge < -0.3 is 24.4 Å². The lowest BCUT2D eigenvalue weighted by Gasteiger charge is -2.32. The minimum Gasteiger partial charge on any atom is -0.490 e. The summed E-state index contributed by atoms with van der Waals surface area (Å²) in [6, 6.07) is 10.8. The lowest BCUT2D eigenvalue weighted by atomic mass is 9.91. The van der Waals surface area contributed by atoms with Crippen molar-refractivity contribution in [1.82, 2.24) is 9.80 Å². The van der Waals surface area contributed by atoms with Gasteiger partial charge in [-0.1, -0.05) is 24.3 Å². The van der Waals surface area contributed by atoms with Crippen molar-refractivity contribution in [3.63, 3.8) is 0 Å². The number of halogens is 3. The summed E-state index contributed by atoms with van der Waals surface area (Å²) in [6.07, 6.45) is 6.73. The molecule has 2 aromatic carbocycles. The number of likely N-dealkylation sites (tertiary alicyclic amines) is 1. The van der Waals surface area contributed by atoms with E-state index in [0.29, 0.717) is 12.5 Å². The third kappa shape index (κ3) is 6.50. The van der Waals surface area contributed by atoms with Gasteiger partial charge in [-0.05, 0) is 81.1 Å². The molecule has 0 aromatic heterocycles. The highest BCUT2D eigenvalue weighted by Gasteiger charge is 2.30. The minimum atomic E-state index is -4.34. The number of hydrogen-bond acceptors (Lipinski definition) is 5. The van der Waals surface area contributed by atoms with E-state index in [1.807, 2.05) is 18.2 Å². The molecule has 0 spiro atoms. The van der Waals surface area contributed by atoms with E-state index >= 15 is 0 Å². The van der Waals surface area contributed by atoms with E-state index in [9.17, 15) is 18.3 Å². The number of piperidine rings is 1. The molecule has 8 heteroatoms. The second kappa shape index (κ2) is 11.1. The van der Waals surface area contributed by atoms with Crippen LogP contribution in [0.2, 0.25) is 0 Å². The quantitative estimate of drug-likeness (QED) is 0.462. The fraction of sp³-hybridized carbons (Fsp3) is 0.419. The zero-order valence-corrected chi connectivity index (χ0v) is 22.4. The van der Waals surface area contributed by atoms with Crippen molar-refractivity contribution >= 4 is 5.57 Å². The Balaban J connectivity index is 1.23. The van der Waals surface area contributed by atoms with Crippen molar-refractivity contribution < 1.29 is 27.8 Å². The van der Waals surface area contributed by atoms with Crippen LogP contribution in [0.3, 0.4) is 0 Å². The first kappa shape index (κ1) is 27.3. The summed E-state index contributed by atoms with van der Waals surface area (Å²) < 4.78 is 50.5. The molecule has 0 bridgehead atoms. The molecule has 0 aliphatic carbocycles. The largest absolute Gasteiger partial charge is 0.490 e. The standard InChI is InChI=1S/C31H35F3N2O3/c1-30(2,37)23-10-13-29-27(20-23)26(28-7-3-4-17-36(28)21-38-29)6-5-16-35-18-14-25(15-19-35)39-24-11-8-22(9-12-24)31(32,33)34/h3-4,6-13,20,25,37H,5,14-19,21H2,1-2H3. The molecule has 0 saturated carbocycles. The second-order valence-electron chi connectivity index (χ2n) is 10.8. The van der Waals surface area contributed by atoms with Gasteiger partial charge in [0.2, 0.25) is 0 Å². The fourth-order valence-electron chi connectivity index (χ4n) is 5.24. The van der Waals surface area contributed by atoms with Gasteiger partial charge in [-0.2, -0.15) is 13.2 Å². The highest BCUT2D eigenvalue weighted by molar-refractivity contribution is 5.83. The van der Waals surface area contributed by atoms with Gasteiger partial charge in [0.1, 0.15) is 17.6 Å². The fourth-order valence-corrected chi connectivity index (χ4v) is 5.24. The average molecular weight is 541 g/mol. The molecule has 3 aliphatic heterocycles. The van der Waals surface area contributed by atoms with Crippen LogP contribution in [0.15, 0.2) is 72.5 Å². The Labute approximate surface area is 227 Å². The number of hydrogen-bond donors (Lipinski definition) is 1. The van der Waals surface area contributed by atoms with Crippen LogP contribution >= 0.6 is 0 Å². The monoisotopic (exact) mass is 540 g/mol. The molecule has 3 aliphatic rings. The second-order valence-corrected chi connectivity index (χ2v) is 10.8. The number of benzene rings is 2. The average Bonchev–Trinajstić information content (AvgIpc) is 3.06. The van der Waals surface area contributed by atoms with Crippen LogP contribution in [0, 0.1) is 0 Å². The highest BCUT2D eigenvalue weighted by Crippen LogP contribution is 2.39. The van der Waals surface area contributed by atoms with Crippen LogP contribution < -0.4 is 9.47 Å². The molecule has 208 valence electrons. The van der Waals surface area contributed by atoms with E-state index in [1.54, 1.807) is 13.8 Å². The van der Waals surface area contributed by atoms with E-state index in [1.165, 1.54) is 12.1 Å². The summed E-state index contributed by atoms with van der Waals surface area (Å²) >= 11 is 0. The maximum Gasteiger partial charge on any atom is 0.416 e. The van der Waals surface area contributed by atoms with Crippen LogP contribution in [0.1, 0.15) is 49.8 Å². The molecule has 5 nitrogen and oxygen atoms in total. The molecule has 1 fully saturated rings. The van der Waals surface area contributed by atoms with Crippen molar-refractivity contribution in [3.05, 3.63) is 89.2 Å². The molecule has 1 saturated heterocycles. The predicted octanol–water partition coefficient (Wildman–Crippen LogP) is 6.36. The van der Waals surface area contributed by atoms with Crippen molar-refractivity contribution in [2.45, 2.75) is 51.0 Å². The van der Waals surface area contributed by atoms with Crippen molar-refractivity contribution in [1.29, 1.82) is 0 Å². The molecular weight excluding hydrogens is 505 g/mol. The van der Waals surface area contributed by atoms with Crippen LogP contribution in [-0.4, -0.2) is 53.9 Å². The molecule has 0 radical (unpaired) electrons. The molecule has 5 rings (SSSR count). The van der Waals surface area contributed by atoms with Crippen molar-refractivity contribution in [2.75, 3.05) is 32.9 Å². The van der Waals surface area contributed by atoms with Gasteiger partial charge in [-0.25, -0.2) is 0 Å². The third-order valence-electron chi connectivity index (χ3n) is 7.50. The summed E-state index contributed by atoms with van der Waals surface area (Å²) in [7, 11) is 0. The Morgan fingerprint density at radius 3 is 2.46 bits per heavy atom. The highest BCUT2D eigenvalue weighted by atomic mass is 19.4. The van der Waals surface area contributed by atoms with Crippen molar-refractivity contribution in [3.8, 4) is 11.5 Å². The maximum atomic E-state index is 12.8. The van der Waals surface area contributed by atoms with Gasteiger partial charge >= 0.3 is 6.18 Å². The Hall–Kier alpha value is -3.23. The lowest BCUT2D eigenvalue weighted by Crippen LogP contribution is -2.38. The summed E-state index contributed by atoms with van der Waals surface area (Å²) in [5.41, 5.74) is 2.43. The van der Waals surface area contributed by atoms with E-state index in [2.05, 4.69) is 34.1 Å². The van der Waals surface area contributed by atoms with Crippen molar-refractivity contribution in [2.24, 2.45) is 0 Å². The molecule has 39 heavy (non-hydrogen) atoms. The third-order valence-corrected chi connectivity index (χ3v) is 7.50. The van der Waals surface area contributed by atoms with Gasteiger partial charge in [0, 0.05) is 43.0 Å². The Morgan fingerprint density at radius 1 is 1.05 bits per heavy atom. The first-order chi connectivity index (χ1) is 18.6. The summed E-state index contributed by atoms with van der Waals surface area (Å²) in [4.78, 5) is 4.61. The Kier molecular flexibility index (Phi) is 7.78. The van der Waals surface area contributed by atoms with Crippen LogP contribution in [0.25, 0.3) is 5.57 Å². The van der Waals surface area contributed by atoms with Crippen LogP contribution in [-0.2, 0) is 11.8 Å². The number of fused-ring (bicyclic) bond motifs is 2. The lowest BCUT2D eigenvalue weighted by molar-refractivity contribution is -0.137. The minimum absolute atomic E-state index is 0.00443. The topological polar surface area (TPSA) is 45.2 Å². The molecule has 2 aromatic rings. The Morgan fingerprint density at radius 2 is 1.77 bits per heavy atom. The first-order valence-electron chi connectivity index (χ1n) is 13.5. The van der Waals surface area contributed by atoms with Gasteiger partial charge in [-0.3, -0.25) is 0 Å². The number of ether oxygens (including phenoxy) is 2. The van der Waals surface area contributed by atoms with Gasteiger partial charge in [0.25, 0.3) is 0 Å². The van der Waals surface area contributed by atoms with Crippen LogP contribution in [0.5, 0.6) is 11.5 Å². The van der Waals surface area contributed by atoms with Gasteiger partial charge in [-0.15, -0.1) is 0 Å². The van der Waals surface area contributed by atoms with E-state index in [4.69, 9.17) is 9.47 Å². The van der Waals surface area contributed by atoms with E-state index in [0.717, 1.165) is 85.7 Å². The number of alkyl halides is 3. The van der Waals surface area contributed by atoms with E-state index in [-0.39, 0.29) is 6.10 Å². The molecule has 3 heterocycles. The number of rotatable bonds is 6. The predicted molar refractivity (Wildman–Crippen MR) is 145 cm³/mol. The van der Waals surface area contributed by atoms with Crippen LogP contribution in [0.4, 0.5) is 13.2 Å². The molecule has 0 atom stereocenters. The maximum absolute atomic E-state index is 12.8. The van der Waals surface area contributed by atoms with Gasteiger partial charge in [0.05, 0.1) is 11.2 Å².